The lowest BCUT2D eigenvalue weighted by Crippen LogP contribution is -2.45. The van der Waals surface area contributed by atoms with Crippen molar-refractivity contribution in [2.75, 3.05) is 5.32 Å². The molecule has 0 heterocycles. The van der Waals surface area contributed by atoms with Crippen LogP contribution in [0.25, 0.3) is 0 Å². The average Bonchev–Trinajstić information content (AvgIpc) is 2.21. The quantitative estimate of drug-likeness (QED) is 0.870. The lowest BCUT2D eigenvalue weighted by Gasteiger charge is -2.26. The van der Waals surface area contributed by atoms with E-state index in [4.69, 9.17) is 28.9 Å². The van der Waals surface area contributed by atoms with E-state index in [9.17, 15) is 4.79 Å². The Balaban J connectivity index is 2.85. The molecule has 1 aromatic carbocycles. The third-order valence-electron chi connectivity index (χ3n) is 2.40. The molecule has 0 spiro atoms. The molecule has 17 heavy (non-hydrogen) atoms. The van der Waals surface area contributed by atoms with E-state index in [1.54, 1.807) is 18.2 Å². The molecule has 3 N–H and O–H groups in total. The summed E-state index contributed by atoms with van der Waals surface area (Å²) in [6.45, 7) is 5.70. The van der Waals surface area contributed by atoms with E-state index >= 15 is 0 Å². The van der Waals surface area contributed by atoms with Crippen LogP contribution in [0.3, 0.4) is 0 Å². The summed E-state index contributed by atoms with van der Waals surface area (Å²) in [5.74, 6) is -0.276. The number of anilines is 1. The first-order chi connectivity index (χ1) is 7.71. The average molecular weight is 275 g/mol. The molecule has 0 saturated carbocycles. The van der Waals surface area contributed by atoms with Gasteiger partial charge < -0.3 is 11.1 Å². The van der Waals surface area contributed by atoms with Gasteiger partial charge in [0.2, 0.25) is 5.91 Å². The summed E-state index contributed by atoms with van der Waals surface area (Å²) in [7, 11) is 0. The SMILES string of the molecule is CC(C)(C)[C@H](N)C(=O)Nc1cc(Cl)ccc1Cl. The third kappa shape index (κ3) is 3.87. The molecule has 5 heteroatoms. The summed E-state index contributed by atoms with van der Waals surface area (Å²) in [4.78, 5) is 11.9. The predicted octanol–water partition coefficient (Wildman–Crippen LogP) is 3.31. The number of nitrogens with two attached hydrogens (primary N) is 1. The van der Waals surface area contributed by atoms with Gasteiger partial charge in [-0.15, -0.1) is 0 Å². The molecule has 0 radical (unpaired) electrons. The molecule has 0 aromatic heterocycles. The highest BCUT2D eigenvalue weighted by atomic mass is 35.5. The van der Waals surface area contributed by atoms with Crippen molar-refractivity contribution >= 4 is 34.8 Å². The highest BCUT2D eigenvalue weighted by Crippen LogP contribution is 2.26. The molecule has 94 valence electrons. The summed E-state index contributed by atoms with van der Waals surface area (Å²) in [5.41, 5.74) is 6.01. The summed E-state index contributed by atoms with van der Waals surface area (Å²) < 4.78 is 0. The molecule has 0 saturated heterocycles. The Hall–Kier alpha value is -0.770. The highest BCUT2D eigenvalue weighted by molar-refractivity contribution is 6.35. The fraction of sp³-hybridized carbons (Fsp3) is 0.417. The van der Waals surface area contributed by atoms with Crippen molar-refractivity contribution < 1.29 is 4.79 Å². The van der Waals surface area contributed by atoms with Gasteiger partial charge in [-0.1, -0.05) is 44.0 Å². The van der Waals surface area contributed by atoms with Gasteiger partial charge in [-0.25, -0.2) is 0 Å². The predicted molar refractivity (Wildman–Crippen MR) is 72.5 cm³/mol. The zero-order valence-corrected chi connectivity index (χ0v) is 11.6. The molecule has 3 nitrogen and oxygen atoms in total. The molecule has 1 amide bonds. The Bertz CT molecular complexity index is 427. The normalized spacial score (nSPS) is 13.3. The fourth-order valence-electron chi connectivity index (χ4n) is 1.20. The lowest BCUT2D eigenvalue weighted by molar-refractivity contribution is -0.119. The molecular weight excluding hydrogens is 259 g/mol. The van der Waals surface area contributed by atoms with Crippen molar-refractivity contribution in [1.82, 2.24) is 0 Å². The van der Waals surface area contributed by atoms with E-state index in [1.807, 2.05) is 20.8 Å². The highest BCUT2D eigenvalue weighted by Gasteiger charge is 2.27. The number of amides is 1. The molecule has 0 aliphatic carbocycles. The summed E-state index contributed by atoms with van der Waals surface area (Å²) in [6, 6.07) is 4.26. The van der Waals surface area contributed by atoms with Crippen LogP contribution in [0.1, 0.15) is 20.8 Å². The van der Waals surface area contributed by atoms with Crippen LogP contribution in [0.2, 0.25) is 10.0 Å². The van der Waals surface area contributed by atoms with Crippen molar-refractivity contribution in [3.8, 4) is 0 Å². The standard InChI is InChI=1S/C12H16Cl2N2O/c1-12(2,3)10(15)11(17)16-9-6-7(13)4-5-8(9)14/h4-6,10H,15H2,1-3H3,(H,16,17)/t10-/m1/s1. The number of hydrogen-bond acceptors (Lipinski definition) is 2. The number of halogens is 2. The van der Waals surface area contributed by atoms with E-state index in [0.717, 1.165) is 0 Å². The fourth-order valence-corrected chi connectivity index (χ4v) is 1.53. The van der Waals surface area contributed by atoms with E-state index in [0.29, 0.717) is 15.7 Å². The zero-order valence-electron chi connectivity index (χ0n) is 10.1. The molecule has 0 bridgehead atoms. The van der Waals surface area contributed by atoms with Gasteiger partial charge in [-0.05, 0) is 23.6 Å². The molecule has 0 fully saturated rings. The largest absolute Gasteiger partial charge is 0.323 e. The summed E-state index contributed by atoms with van der Waals surface area (Å²) in [6.07, 6.45) is 0. The Morgan fingerprint density at radius 1 is 1.35 bits per heavy atom. The Kier molecular flexibility index (Phi) is 4.42. The number of carbonyl (C=O) groups is 1. The van der Waals surface area contributed by atoms with E-state index in [1.165, 1.54) is 0 Å². The first-order valence-electron chi connectivity index (χ1n) is 5.23. The molecular formula is C12H16Cl2N2O. The second-order valence-electron chi connectivity index (χ2n) is 4.96. The molecule has 0 unspecified atom stereocenters. The smallest absolute Gasteiger partial charge is 0.241 e. The van der Waals surface area contributed by atoms with Crippen LogP contribution in [-0.2, 0) is 4.79 Å². The van der Waals surface area contributed by atoms with Gasteiger partial charge in [0, 0.05) is 5.02 Å². The second kappa shape index (κ2) is 5.25. The Morgan fingerprint density at radius 2 is 1.94 bits per heavy atom. The van der Waals surface area contributed by atoms with E-state index < -0.39 is 6.04 Å². The minimum atomic E-state index is -0.613. The number of benzene rings is 1. The molecule has 1 atom stereocenters. The van der Waals surface area contributed by atoms with Crippen molar-refractivity contribution in [2.45, 2.75) is 26.8 Å². The number of nitrogens with one attached hydrogen (secondary N) is 1. The maximum atomic E-state index is 11.9. The molecule has 1 aromatic rings. The van der Waals surface area contributed by atoms with Crippen molar-refractivity contribution in [3.63, 3.8) is 0 Å². The van der Waals surface area contributed by atoms with Gasteiger partial charge in [0.25, 0.3) is 0 Å². The first-order valence-corrected chi connectivity index (χ1v) is 5.99. The van der Waals surface area contributed by atoms with Gasteiger partial charge in [0.1, 0.15) is 0 Å². The minimum absolute atomic E-state index is 0.276. The minimum Gasteiger partial charge on any atom is -0.323 e. The maximum absolute atomic E-state index is 11.9. The summed E-state index contributed by atoms with van der Waals surface area (Å²) >= 11 is 11.8. The third-order valence-corrected chi connectivity index (χ3v) is 2.97. The van der Waals surface area contributed by atoms with Crippen LogP contribution in [0, 0.1) is 5.41 Å². The molecule has 0 aliphatic rings. The van der Waals surface area contributed by atoms with E-state index in [-0.39, 0.29) is 11.3 Å². The molecule has 0 aliphatic heterocycles. The van der Waals surface area contributed by atoms with Crippen LogP contribution in [0.4, 0.5) is 5.69 Å². The Morgan fingerprint density at radius 3 is 2.47 bits per heavy atom. The van der Waals surface area contributed by atoms with Gasteiger partial charge in [0.15, 0.2) is 0 Å². The monoisotopic (exact) mass is 274 g/mol. The van der Waals surface area contributed by atoms with Crippen molar-refractivity contribution in [3.05, 3.63) is 28.2 Å². The van der Waals surface area contributed by atoms with Gasteiger partial charge in [-0.2, -0.15) is 0 Å². The maximum Gasteiger partial charge on any atom is 0.241 e. The molecule has 1 rings (SSSR count). The number of rotatable bonds is 2. The van der Waals surface area contributed by atoms with Gasteiger partial charge in [-0.3, -0.25) is 4.79 Å². The van der Waals surface area contributed by atoms with Crippen molar-refractivity contribution in [2.24, 2.45) is 11.1 Å². The van der Waals surface area contributed by atoms with Crippen LogP contribution in [-0.4, -0.2) is 11.9 Å². The van der Waals surface area contributed by atoms with E-state index in [2.05, 4.69) is 5.32 Å². The second-order valence-corrected chi connectivity index (χ2v) is 5.80. The topological polar surface area (TPSA) is 55.1 Å². The zero-order chi connectivity index (χ0) is 13.2. The van der Waals surface area contributed by atoms with Crippen LogP contribution in [0.5, 0.6) is 0 Å². The van der Waals surface area contributed by atoms with Gasteiger partial charge >= 0.3 is 0 Å². The lowest BCUT2D eigenvalue weighted by atomic mass is 9.87. The Labute approximate surface area is 111 Å². The van der Waals surface area contributed by atoms with Crippen LogP contribution >= 0.6 is 23.2 Å². The first kappa shape index (κ1) is 14.3. The van der Waals surface area contributed by atoms with Gasteiger partial charge in [0.05, 0.1) is 16.8 Å². The number of hydrogen-bond donors (Lipinski definition) is 2. The van der Waals surface area contributed by atoms with Crippen molar-refractivity contribution in [1.29, 1.82) is 0 Å². The number of carbonyl (C=O) groups excluding carboxylic acids is 1. The van der Waals surface area contributed by atoms with Crippen LogP contribution in [0.15, 0.2) is 18.2 Å². The summed E-state index contributed by atoms with van der Waals surface area (Å²) in [5, 5.41) is 3.62. The van der Waals surface area contributed by atoms with Crippen LogP contribution < -0.4 is 11.1 Å².